The lowest BCUT2D eigenvalue weighted by atomic mass is 10.1. The van der Waals surface area contributed by atoms with E-state index >= 15 is 0 Å². The molecule has 7 heteroatoms. The van der Waals surface area contributed by atoms with Crippen LogP contribution in [0, 0.1) is 6.92 Å². The van der Waals surface area contributed by atoms with E-state index in [-0.39, 0.29) is 18.4 Å². The van der Waals surface area contributed by atoms with Crippen LogP contribution >= 0.6 is 0 Å². The van der Waals surface area contributed by atoms with Gasteiger partial charge in [0.05, 0.1) is 13.1 Å². The smallest absolute Gasteiger partial charge is 0.239 e. The first-order valence-corrected chi connectivity index (χ1v) is 8.35. The van der Waals surface area contributed by atoms with Crippen molar-refractivity contribution in [3.05, 3.63) is 11.8 Å². The minimum Gasteiger partial charge on any atom is -0.337 e. The predicted molar refractivity (Wildman–Crippen MR) is 87.0 cm³/mol. The van der Waals surface area contributed by atoms with Crippen LogP contribution in [-0.2, 0) is 16.6 Å². The predicted octanol–water partition coefficient (Wildman–Crippen LogP) is 0.754. The molecule has 7 nitrogen and oxygen atoms in total. The maximum absolute atomic E-state index is 12.3. The van der Waals surface area contributed by atoms with Gasteiger partial charge in [0.25, 0.3) is 0 Å². The van der Waals surface area contributed by atoms with Gasteiger partial charge < -0.3 is 10.2 Å². The molecule has 2 heterocycles. The maximum atomic E-state index is 12.3. The van der Waals surface area contributed by atoms with Crippen molar-refractivity contribution >= 4 is 17.6 Å². The molecule has 1 aromatic heterocycles. The molecule has 2 amide bonds. The number of aryl methyl sites for hydroxylation is 2. The molecule has 1 saturated heterocycles. The van der Waals surface area contributed by atoms with Crippen LogP contribution in [0.4, 0.5) is 5.82 Å². The summed E-state index contributed by atoms with van der Waals surface area (Å²) in [4.78, 5) is 28.4. The average molecular weight is 319 g/mol. The Balaban J connectivity index is 1.49. The van der Waals surface area contributed by atoms with Crippen LogP contribution in [0.5, 0.6) is 0 Å². The van der Waals surface area contributed by atoms with Crippen molar-refractivity contribution in [1.29, 1.82) is 0 Å². The minimum absolute atomic E-state index is 0.120. The third kappa shape index (κ3) is 3.72. The second-order valence-electron chi connectivity index (χ2n) is 6.58. The molecule has 2 fully saturated rings. The number of aromatic nitrogens is 2. The number of amides is 2. The Morgan fingerprint density at radius 2 is 2.09 bits per heavy atom. The van der Waals surface area contributed by atoms with Gasteiger partial charge in [0.15, 0.2) is 5.82 Å². The van der Waals surface area contributed by atoms with E-state index in [2.05, 4.69) is 10.4 Å². The Labute approximate surface area is 136 Å². The van der Waals surface area contributed by atoms with Crippen LogP contribution in [0.15, 0.2) is 6.07 Å². The molecule has 0 bridgehead atoms. The van der Waals surface area contributed by atoms with Crippen molar-refractivity contribution in [3.8, 4) is 0 Å². The summed E-state index contributed by atoms with van der Waals surface area (Å²) in [5, 5.41) is 7.01. The zero-order valence-electron chi connectivity index (χ0n) is 13.9. The van der Waals surface area contributed by atoms with Gasteiger partial charge in [0.2, 0.25) is 11.8 Å². The van der Waals surface area contributed by atoms with Gasteiger partial charge in [-0.05, 0) is 19.8 Å². The maximum Gasteiger partial charge on any atom is 0.239 e. The van der Waals surface area contributed by atoms with Gasteiger partial charge in [-0.15, -0.1) is 0 Å². The van der Waals surface area contributed by atoms with Gasteiger partial charge in [-0.1, -0.05) is 12.8 Å². The third-order valence-electron chi connectivity index (χ3n) is 4.85. The Morgan fingerprint density at radius 1 is 1.35 bits per heavy atom. The molecular formula is C16H25N5O2. The van der Waals surface area contributed by atoms with Crippen molar-refractivity contribution in [1.82, 2.24) is 19.6 Å². The number of nitrogens with zero attached hydrogens (tertiary/aromatic N) is 4. The summed E-state index contributed by atoms with van der Waals surface area (Å²) in [6.07, 6.45) is 4.71. The number of rotatable bonds is 4. The molecule has 3 rings (SSSR count). The van der Waals surface area contributed by atoms with Crippen LogP contribution in [-0.4, -0.2) is 63.6 Å². The lowest BCUT2D eigenvalue weighted by Gasteiger charge is -2.37. The van der Waals surface area contributed by atoms with Gasteiger partial charge in [0.1, 0.15) is 0 Å². The zero-order valence-corrected chi connectivity index (χ0v) is 13.9. The number of hydrogen-bond acceptors (Lipinski definition) is 4. The molecule has 0 radical (unpaired) electrons. The molecule has 1 aliphatic heterocycles. The standard InChI is InChI=1S/C16H25N5O2/c1-12-9-14(18-19(12)2)17-15(22)10-20-7-8-21(16(23)11-20)13-5-3-4-6-13/h9,13H,3-8,10-11H2,1-2H3,(H,17,18,22). The van der Waals surface area contributed by atoms with Crippen LogP contribution in [0.25, 0.3) is 0 Å². The summed E-state index contributed by atoms with van der Waals surface area (Å²) in [5.74, 6) is 0.598. The van der Waals surface area contributed by atoms with Crippen LogP contribution < -0.4 is 5.32 Å². The van der Waals surface area contributed by atoms with Crippen LogP contribution in [0.2, 0.25) is 0 Å². The Kier molecular flexibility index (Phi) is 4.66. The fourth-order valence-electron chi connectivity index (χ4n) is 3.48. The number of carbonyl (C=O) groups is 2. The first-order valence-electron chi connectivity index (χ1n) is 8.35. The van der Waals surface area contributed by atoms with Crippen molar-refractivity contribution in [2.75, 3.05) is 31.5 Å². The summed E-state index contributed by atoms with van der Waals surface area (Å²) in [6.45, 7) is 4.00. The summed E-state index contributed by atoms with van der Waals surface area (Å²) >= 11 is 0. The number of carbonyl (C=O) groups excluding carboxylic acids is 2. The van der Waals surface area contributed by atoms with E-state index in [0.29, 0.717) is 18.4 Å². The summed E-state index contributed by atoms with van der Waals surface area (Å²) < 4.78 is 1.72. The van der Waals surface area contributed by atoms with E-state index in [9.17, 15) is 9.59 Å². The monoisotopic (exact) mass is 319 g/mol. The Morgan fingerprint density at radius 3 is 2.70 bits per heavy atom. The fraction of sp³-hybridized carbons (Fsp3) is 0.688. The topological polar surface area (TPSA) is 70.5 Å². The highest BCUT2D eigenvalue weighted by Crippen LogP contribution is 2.24. The molecular weight excluding hydrogens is 294 g/mol. The third-order valence-corrected chi connectivity index (χ3v) is 4.85. The molecule has 1 aliphatic carbocycles. The quantitative estimate of drug-likeness (QED) is 0.889. The van der Waals surface area contributed by atoms with Gasteiger partial charge in [-0.3, -0.25) is 19.2 Å². The van der Waals surface area contributed by atoms with E-state index in [4.69, 9.17) is 0 Å². The van der Waals surface area contributed by atoms with Crippen LogP contribution in [0.3, 0.4) is 0 Å². The summed E-state index contributed by atoms with van der Waals surface area (Å²) in [6, 6.07) is 2.26. The Hall–Kier alpha value is -1.89. The highest BCUT2D eigenvalue weighted by atomic mass is 16.2. The van der Waals surface area contributed by atoms with E-state index in [1.807, 2.05) is 29.8 Å². The van der Waals surface area contributed by atoms with Crippen molar-refractivity contribution in [2.45, 2.75) is 38.6 Å². The largest absolute Gasteiger partial charge is 0.337 e. The number of nitrogens with one attached hydrogen (secondary N) is 1. The molecule has 23 heavy (non-hydrogen) atoms. The van der Waals surface area contributed by atoms with Gasteiger partial charge in [-0.25, -0.2) is 0 Å². The van der Waals surface area contributed by atoms with Crippen LogP contribution in [0.1, 0.15) is 31.4 Å². The highest BCUT2D eigenvalue weighted by Gasteiger charge is 2.31. The van der Waals surface area contributed by atoms with Gasteiger partial charge in [-0.2, -0.15) is 5.10 Å². The molecule has 1 aromatic rings. The average Bonchev–Trinajstić information content (AvgIpc) is 3.10. The lowest BCUT2D eigenvalue weighted by Crippen LogP contribution is -2.54. The summed E-state index contributed by atoms with van der Waals surface area (Å²) in [7, 11) is 1.84. The minimum atomic E-state index is -0.120. The number of piperazine rings is 1. The summed E-state index contributed by atoms with van der Waals surface area (Å²) in [5.41, 5.74) is 0.987. The number of hydrogen-bond donors (Lipinski definition) is 1. The van der Waals surface area contributed by atoms with Crippen molar-refractivity contribution in [2.24, 2.45) is 7.05 Å². The molecule has 0 unspecified atom stereocenters. The molecule has 126 valence electrons. The van der Waals surface area contributed by atoms with E-state index in [1.165, 1.54) is 12.8 Å². The first-order chi connectivity index (χ1) is 11.0. The molecule has 0 spiro atoms. The molecule has 1 saturated carbocycles. The molecule has 2 aliphatic rings. The van der Waals surface area contributed by atoms with E-state index < -0.39 is 0 Å². The molecule has 0 atom stereocenters. The first kappa shape index (κ1) is 16.0. The Bertz CT molecular complexity index is 572. The van der Waals surface area contributed by atoms with Gasteiger partial charge >= 0.3 is 0 Å². The zero-order chi connectivity index (χ0) is 16.4. The molecule has 1 N–H and O–H groups in total. The lowest BCUT2D eigenvalue weighted by molar-refractivity contribution is -0.139. The van der Waals surface area contributed by atoms with Gasteiger partial charge in [0, 0.05) is 37.9 Å². The highest BCUT2D eigenvalue weighted by molar-refractivity contribution is 5.92. The SMILES string of the molecule is Cc1cc(NC(=O)CN2CCN(C3CCCC3)C(=O)C2)nn1C. The second kappa shape index (κ2) is 6.70. The van der Waals surface area contributed by atoms with Crippen molar-refractivity contribution < 1.29 is 9.59 Å². The molecule has 0 aromatic carbocycles. The number of anilines is 1. The van der Waals surface area contributed by atoms with E-state index in [1.54, 1.807) is 4.68 Å². The normalized spacial score (nSPS) is 20.3. The van der Waals surface area contributed by atoms with Crippen molar-refractivity contribution in [3.63, 3.8) is 0 Å². The van der Waals surface area contributed by atoms with E-state index in [0.717, 1.165) is 31.6 Å². The fourth-order valence-corrected chi connectivity index (χ4v) is 3.48. The second-order valence-corrected chi connectivity index (χ2v) is 6.58.